The molecule has 6 heteroatoms. The van der Waals surface area contributed by atoms with E-state index < -0.39 is 10.0 Å². The van der Waals surface area contributed by atoms with Gasteiger partial charge in [0.2, 0.25) is 10.0 Å². The van der Waals surface area contributed by atoms with Crippen molar-refractivity contribution in [2.75, 3.05) is 0 Å². The van der Waals surface area contributed by atoms with Crippen LogP contribution in [0.15, 0.2) is 59.9 Å². The zero-order chi connectivity index (χ0) is 18.7. The molecular formula is C20H21N3O2S. The van der Waals surface area contributed by atoms with Crippen molar-refractivity contribution in [3.05, 3.63) is 77.2 Å². The molecule has 0 saturated heterocycles. The molecule has 1 N–H and O–H groups in total. The third kappa shape index (κ3) is 3.81. The van der Waals surface area contributed by atoms with E-state index in [1.807, 2.05) is 51.1 Å². The van der Waals surface area contributed by atoms with Gasteiger partial charge in [0.25, 0.3) is 0 Å². The molecule has 2 aromatic heterocycles. The van der Waals surface area contributed by atoms with Crippen LogP contribution in [0.5, 0.6) is 0 Å². The zero-order valence-electron chi connectivity index (χ0n) is 15.0. The van der Waals surface area contributed by atoms with Gasteiger partial charge in [-0.2, -0.15) is 0 Å². The first kappa shape index (κ1) is 18.2. The number of aromatic nitrogens is 2. The van der Waals surface area contributed by atoms with Gasteiger partial charge in [0, 0.05) is 30.7 Å². The highest BCUT2D eigenvalue weighted by Gasteiger charge is 2.20. The van der Waals surface area contributed by atoms with Crippen molar-refractivity contribution in [2.24, 2.45) is 0 Å². The van der Waals surface area contributed by atoms with Gasteiger partial charge in [0.05, 0.1) is 10.6 Å². The van der Waals surface area contributed by atoms with Crippen LogP contribution in [-0.2, 0) is 16.6 Å². The Kier molecular flexibility index (Phi) is 5.15. The summed E-state index contributed by atoms with van der Waals surface area (Å²) in [7, 11) is -3.63. The number of benzene rings is 1. The summed E-state index contributed by atoms with van der Waals surface area (Å²) in [5, 5.41) is 0. The fourth-order valence-electron chi connectivity index (χ4n) is 3.19. The summed E-state index contributed by atoms with van der Waals surface area (Å²) in [6.45, 7) is 5.77. The molecule has 0 aliphatic carbocycles. The van der Waals surface area contributed by atoms with E-state index >= 15 is 0 Å². The molecule has 0 atom stereocenters. The Bertz CT molecular complexity index is 1010. The van der Waals surface area contributed by atoms with E-state index in [1.165, 1.54) is 0 Å². The lowest BCUT2D eigenvalue weighted by Crippen LogP contribution is -2.25. The molecule has 0 radical (unpaired) electrons. The van der Waals surface area contributed by atoms with E-state index in [0.29, 0.717) is 4.90 Å². The molecule has 2 heterocycles. The van der Waals surface area contributed by atoms with Crippen LogP contribution in [0.25, 0.3) is 11.3 Å². The Morgan fingerprint density at radius 1 is 0.962 bits per heavy atom. The second-order valence-corrected chi connectivity index (χ2v) is 8.00. The van der Waals surface area contributed by atoms with Gasteiger partial charge in [-0.1, -0.05) is 23.8 Å². The lowest BCUT2D eigenvalue weighted by atomic mass is 10.1. The van der Waals surface area contributed by atoms with Crippen LogP contribution in [0.2, 0.25) is 0 Å². The Labute approximate surface area is 154 Å². The molecule has 0 unspecified atom stereocenters. The third-order valence-electron chi connectivity index (χ3n) is 4.17. The Morgan fingerprint density at radius 3 is 2.27 bits per heavy atom. The summed E-state index contributed by atoms with van der Waals surface area (Å²) >= 11 is 0. The fraction of sp³-hybridized carbons (Fsp3) is 0.200. The van der Waals surface area contributed by atoms with Gasteiger partial charge in [-0.15, -0.1) is 0 Å². The average molecular weight is 367 g/mol. The minimum absolute atomic E-state index is 0.167. The SMILES string of the molecule is Cc1cc(C)c(S(=O)(=O)NCc2cccnc2-c2ccncc2)c(C)c1. The number of rotatable bonds is 5. The normalized spacial score (nSPS) is 11.5. The largest absolute Gasteiger partial charge is 0.265 e. The van der Waals surface area contributed by atoms with Crippen molar-refractivity contribution in [3.63, 3.8) is 0 Å². The van der Waals surface area contributed by atoms with Crippen LogP contribution in [-0.4, -0.2) is 18.4 Å². The number of hydrogen-bond acceptors (Lipinski definition) is 4. The molecule has 0 aliphatic heterocycles. The van der Waals surface area contributed by atoms with Crippen LogP contribution < -0.4 is 4.72 Å². The van der Waals surface area contributed by atoms with Gasteiger partial charge in [0.1, 0.15) is 0 Å². The second-order valence-electron chi connectivity index (χ2n) is 6.30. The number of nitrogens with one attached hydrogen (secondary N) is 1. The maximum absolute atomic E-state index is 12.9. The fourth-order valence-corrected chi connectivity index (χ4v) is 4.64. The van der Waals surface area contributed by atoms with Crippen molar-refractivity contribution in [1.29, 1.82) is 0 Å². The van der Waals surface area contributed by atoms with Crippen LogP contribution in [0, 0.1) is 20.8 Å². The Hall–Kier alpha value is -2.57. The van der Waals surface area contributed by atoms with Gasteiger partial charge in [-0.25, -0.2) is 13.1 Å². The number of sulfonamides is 1. The summed E-state index contributed by atoms with van der Waals surface area (Å²) in [6.07, 6.45) is 5.08. The van der Waals surface area contributed by atoms with Crippen molar-refractivity contribution < 1.29 is 8.42 Å². The smallest absolute Gasteiger partial charge is 0.241 e. The maximum Gasteiger partial charge on any atom is 0.241 e. The van der Waals surface area contributed by atoms with Crippen LogP contribution in [0.1, 0.15) is 22.3 Å². The number of nitrogens with zero attached hydrogens (tertiary/aromatic N) is 2. The topological polar surface area (TPSA) is 72.0 Å². The van der Waals surface area contributed by atoms with Gasteiger partial charge >= 0.3 is 0 Å². The molecule has 0 aliphatic rings. The molecule has 0 amide bonds. The predicted molar refractivity (Wildman–Crippen MR) is 102 cm³/mol. The molecule has 5 nitrogen and oxygen atoms in total. The van der Waals surface area contributed by atoms with E-state index in [9.17, 15) is 8.42 Å². The van der Waals surface area contributed by atoms with Crippen molar-refractivity contribution in [3.8, 4) is 11.3 Å². The summed E-state index contributed by atoms with van der Waals surface area (Å²) in [6, 6.07) is 11.2. The van der Waals surface area contributed by atoms with E-state index in [1.54, 1.807) is 24.7 Å². The molecule has 3 rings (SSSR count). The van der Waals surface area contributed by atoms with E-state index in [2.05, 4.69) is 14.7 Å². The molecule has 134 valence electrons. The average Bonchev–Trinajstić information content (AvgIpc) is 2.60. The van der Waals surface area contributed by atoms with Crippen LogP contribution >= 0.6 is 0 Å². The van der Waals surface area contributed by atoms with Gasteiger partial charge in [-0.05, 0) is 55.7 Å². The predicted octanol–water partition coefficient (Wildman–Crippen LogP) is 3.55. The first-order chi connectivity index (χ1) is 12.4. The Balaban J connectivity index is 1.91. The summed E-state index contributed by atoms with van der Waals surface area (Å²) in [4.78, 5) is 8.76. The summed E-state index contributed by atoms with van der Waals surface area (Å²) in [5.74, 6) is 0. The monoisotopic (exact) mass is 367 g/mol. The third-order valence-corrected chi connectivity index (χ3v) is 5.88. The first-order valence-electron chi connectivity index (χ1n) is 8.30. The van der Waals surface area contributed by atoms with E-state index in [0.717, 1.165) is 33.5 Å². The zero-order valence-corrected chi connectivity index (χ0v) is 15.8. The van der Waals surface area contributed by atoms with Crippen LogP contribution in [0.4, 0.5) is 0 Å². The quantitative estimate of drug-likeness (QED) is 0.749. The highest BCUT2D eigenvalue weighted by Crippen LogP contribution is 2.23. The van der Waals surface area contributed by atoms with Gasteiger partial charge in [0.15, 0.2) is 0 Å². The Morgan fingerprint density at radius 2 is 1.62 bits per heavy atom. The van der Waals surface area contributed by atoms with Gasteiger partial charge < -0.3 is 0 Å². The second kappa shape index (κ2) is 7.35. The van der Waals surface area contributed by atoms with Crippen LogP contribution in [0.3, 0.4) is 0 Å². The highest BCUT2D eigenvalue weighted by molar-refractivity contribution is 7.89. The molecule has 3 aromatic rings. The molecule has 0 bridgehead atoms. The standard InChI is InChI=1S/C20H21N3O2S/c1-14-11-15(2)20(16(3)12-14)26(24,25)23-13-18-5-4-8-22-19(18)17-6-9-21-10-7-17/h4-12,23H,13H2,1-3H3. The van der Waals surface area contributed by atoms with Gasteiger partial charge in [-0.3, -0.25) is 9.97 Å². The summed E-state index contributed by atoms with van der Waals surface area (Å²) in [5.41, 5.74) is 4.99. The molecule has 1 aromatic carbocycles. The maximum atomic E-state index is 12.9. The van der Waals surface area contributed by atoms with Crippen molar-refractivity contribution in [1.82, 2.24) is 14.7 Å². The minimum atomic E-state index is -3.63. The number of hydrogen-bond donors (Lipinski definition) is 1. The molecule has 0 fully saturated rings. The van der Waals surface area contributed by atoms with E-state index in [-0.39, 0.29) is 6.54 Å². The van der Waals surface area contributed by atoms with Crippen molar-refractivity contribution in [2.45, 2.75) is 32.2 Å². The minimum Gasteiger partial charge on any atom is -0.265 e. The highest BCUT2D eigenvalue weighted by atomic mass is 32.2. The first-order valence-corrected chi connectivity index (χ1v) is 9.78. The molecule has 26 heavy (non-hydrogen) atoms. The molecule has 0 saturated carbocycles. The molecular weight excluding hydrogens is 346 g/mol. The summed E-state index contributed by atoms with van der Waals surface area (Å²) < 4.78 is 28.4. The number of aryl methyl sites for hydroxylation is 3. The lowest BCUT2D eigenvalue weighted by molar-refractivity contribution is 0.580. The number of pyridine rings is 2. The lowest BCUT2D eigenvalue weighted by Gasteiger charge is -2.14. The van der Waals surface area contributed by atoms with Crippen molar-refractivity contribution >= 4 is 10.0 Å². The van der Waals surface area contributed by atoms with E-state index in [4.69, 9.17) is 0 Å². The molecule has 0 spiro atoms.